The fourth-order valence-corrected chi connectivity index (χ4v) is 2.08. The molecule has 2 aromatic carbocycles. The molecule has 0 radical (unpaired) electrons. The summed E-state index contributed by atoms with van der Waals surface area (Å²) in [6.07, 6.45) is 1.46. The highest BCUT2D eigenvalue weighted by molar-refractivity contribution is 6.31. The van der Waals surface area contributed by atoms with Crippen LogP contribution in [0, 0.1) is 17.1 Å². The largest absolute Gasteiger partial charge is 0.339 e. The van der Waals surface area contributed by atoms with E-state index in [-0.39, 0.29) is 11.0 Å². The van der Waals surface area contributed by atoms with Crippen molar-refractivity contribution in [1.29, 1.82) is 5.26 Å². The maximum absolute atomic E-state index is 13.2. The highest BCUT2D eigenvalue weighted by Gasteiger charge is 2.05. The van der Waals surface area contributed by atoms with Gasteiger partial charge in [-0.2, -0.15) is 15.3 Å². The number of hydrogen-bond acceptors (Lipinski definition) is 6. The lowest BCUT2D eigenvalue weighted by atomic mass is 10.2. The molecule has 0 saturated heterocycles. The molecular formula is C16H10ClFN6. The standard InChI is InChI=1S/C16H10ClFN6/c17-13-7-12(5-6-14(13)18)22-16-23-15(9-20-24-16)21-11-3-1-10(8-19)2-4-11/h1-7,9H,(H2,21,22,23,24). The second kappa shape index (κ2) is 6.89. The van der Waals surface area contributed by atoms with Crippen LogP contribution >= 0.6 is 11.6 Å². The first-order chi connectivity index (χ1) is 11.6. The van der Waals surface area contributed by atoms with E-state index in [2.05, 4.69) is 25.8 Å². The van der Waals surface area contributed by atoms with Gasteiger partial charge in [0.1, 0.15) is 5.82 Å². The van der Waals surface area contributed by atoms with Crippen molar-refractivity contribution >= 4 is 34.7 Å². The summed E-state index contributed by atoms with van der Waals surface area (Å²) < 4.78 is 13.2. The number of nitrogens with one attached hydrogen (secondary N) is 2. The molecule has 3 rings (SSSR count). The van der Waals surface area contributed by atoms with Gasteiger partial charge < -0.3 is 10.6 Å². The summed E-state index contributed by atoms with van der Waals surface area (Å²) >= 11 is 5.74. The summed E-state index contributed by atoms with van der Waals surface area (Å²) in [5, 5.41) is 22.5. The lowest BCUT2D eigenvalue weighted by Gasteiger charge is -2.08. The van der Waals surface area contributed by atoms with E-state index in [1.807, 2.05) is 6.07 Å². The van der Waals surface area contributed by atoms with Gasteiger partial charge in [-0.1, -0.05) is 11.6 Å². The fourth-order valence-electron chi connectivity index (χ4n) is 1.90. The normalized spacial score (nSPS) is 10.0. The van der Waals surface area contributed by atoms with Crippen LogP contribution in [0.4, 0.5) is 27.5 Å². The Labute approximate surface area is 141 Å². The van der Waals surface area contributed by atoms with Crippen molar-refractivity contribution in [3.8, 4) is 6.07 Å². The molecule has 1 aromatic heterocycles. The van der Waals surface area contributed by atoms with Crippen molar-refractivity contribution in [3.63, 3.8) is 0 Å². The summed E-state index contributed by atoms with van der Waals surface area (Å²) in [6, 6.07) is 13.1. The molecule has 0 unspecified atom stereocenters. The molecule has 0 aliphatic carbocycles. The average molecular weight is 341 g/mol. The summed E-state index contributed by atoms with van der Waals surface area (Å²) in [6.45, 7) is 0. The summed E-state index contributed by atoms with van der Waals surface area (Å²) in [5.74, 6) is 0.194. The molecule has 0 fully saturated rings. The van der Waals surface area contributed by atoms with E-state index < -0.39 is 5.82 Å². The highest BCUT2D eigenvalue weighted by Crippen LogP contribution is 2.22. The van der Waals surface area contributed by atoms with Crippen LogP contribution in [0.5, 0.6) is 0 Å². The monoisotopic (exact) mass is 340 g/mol. The predicted molar refractivity (Wildman–Crippen MR) is 89.0 cm³/mol. The molecule has 24 heavy (non-hydrogen) atoms. The van der Waals surface area contributed by atoms with Crippen molar-refractivity contribution in [1.82, 2.24) is 15.2 Å². The molecular weight excluding hydrogens is 331 g/mol. The van der Waals surface area contributed by atoms with E-state index in [1.54, 1.807) is 24.3 Å². The molecule has 0 aliphatic heterocycles. The number of halogens is 2. The van der Waals surface area contributed by atoms with Gasteiger partial charge in [0.25, 0.3) is 0 Å². The van der Waals surface area contributed by atoms with Crippen LogP contribution < -0.4 is 10.6 Å². The number of nitrogens with zero attached hydrogens (tertiary/aromatic N) is 4. The van der Waals surface area contributed by atoms with Crippen molar-refractivity contribution in [2.45, 2.75) is 0 Å². The van der Waals surface area contributed by atoms with Gasteiger partial charge in [-0.25, -0.2) is 4.39 Å². The third-order valence-corrected chi connectivity index (χ3v) is 3.31. The molecule has 0 aliphatic rings. The predicted octanol–water partition coefficient (Wildman–Crippen LogP) is 4.02. The van der Waals surface area contributed by atoms with Crippen LogP contribution in [-0.4, -0.2) is 15.2 Å². The van der Waals surface area contributed by atoms with E-state index in [0.29, 0.717) is 17.1 Å². The molecule has 1 heterocycles. The fraction of sp³-hybridized carbons (Fsp3) is 0. The van der Waals surface area contributed by atoms with Gasteiger partial charge in [0.15, 0.2) is 5.82 Å². The van der Waals surface area contributed by atoms with Crippen LogP contribution in [0.3, 0.4) is 0 Å². The minimum Gasteiger partial charge on any atom is -0.339 e. The number of benzene rings is 2. The Bertz CT molecular complexity index is 907. The second-order valence-corrected chi connectivity index (χ2v) is 5.14. The number of anilines is 4. The van der Waals surface area contributed by atoms with Gasteiger partial charge in [0.2, 0.25) is 5.95 Å². The smallest absolute Gasteiger partial charge is 0.249 e. The maximum atomic E-state index is 13.2. The molecule has 3 aromatic rings. The zero-order chi connectivity index (χ0) is 16.9. The molecule has 0 saturated carbocycles. The average Bonchev–Trinajstić information content (AvgIpc) is 2.59. The first-order valence-corrected chi connectivity index (χ1v) is 7.21. The number of hydrogen-bond donors (Lipinski definition) is 2. The minimum atomic E-state index is -0.502. The molecule has 8 heteroatoms. The first kappa shape index (κ1) is 15.6. The Morgan fingerprint density at radius 1 is 1.04 bits per heavy atom. The van der Waals surface area contributed by atoms with E-state index in [9.17, 15) is 4.39 Å². The van der Waals surface area contributed by atoms with Crippen LogP contribution in [-0.2, 0) is 0 Å². The summed E-state index contributed by atoms with van der Waals surface area (Å²) in [7, 11) is 0. The minimum absolute atomic E-state index is 0.000165. The van der Waals surface area contributed by atoms with Gasteiger partial charge in [0.05, 0.1) is 22.9 Å². The molecule has 2 N–H and O–H groups in total. The third-order valence-electron chi connectivity index (χ3n) is 3.02. The van der Waals surface area contributed by atoms with Gasteiger partial charge in [-0.15, -0.1) is 5.10 Å². The quantitative estimate of drug-likeness (QED) is 0.746. The van der Waals surface area contributed by atoms with Gasteiger partial charge in [0, 0.05) is 11.4 Å². The first-order valence-electron chi connectivity index (χ1n) is 6.83. The van der Waals surface area contributed by atoms with Crippen molar-refractivity contribution < 1.29 is 4.39 Å². The van der Waals surface area contributed by atoms with Crippen LogP contribution in [0.2, 0.25) is 5.02 Å². The topological polar surface area (TPSA) is 86.5 Å². The van der Waals surface area contributed by atoms with Crippen molar-refractivity contribution in [2.75, 3.05) is 10.6 Å². The summed E-state index contributed by atoms with van der Waals surface area (Å²) in [5.41, 5.74) is 1.86. The lowest BCUT2D eigenvalue weighted by Crippen LogP contribution is -2.02. The van der Waals surface area contributed by atoms with Crippen LogP contribution in [0.15, 0.2) is 48.7 Å². The third kappa shape index (κ3) is 3.74. The van der Waals surface area contributed by atoms with Gasteiger partial charge in [-0.3, -0.25) is 0 Å². The second-order valence-electron chi connectivity index (χ2n) is 4.73. The van der Waals surface area contributed by atoms with Crippen molar-refractivity contribution in [2.24, 2.45) is 0 Å². The Morgan fingerprint density at radius 2 is 1.79 bits per heavy atom. The number of nitriles is 1. The zero-order valence-electron chi connectivity index (χ0n) is 12.2. The van der Waals surface area contributed by atoms with Gasteiger partial charge in [-0.05, 0) is 42.5 Å². The molecule has 0 bridgehead atoms. The van der Waals surface area contributed by atoms with E-state index in [0.717, 1.165) is 5.69 Å². The Balaban J connectivity index is 1.75. The van der Waals surface area contributed by atoms with E-state index in [4.69, 9.17) is 16.9 Å². The lowest BCUT2D eigenvalue weighted by molar-refractivity contribution is 0.628. The van der Waals surface area contributed by atoms with Crippen LogP contribution in [0.1, 0.15) is 5.56 Å². The summed E-state index contributed by atoms with van der Waals surface area (Å²) in [4.78, 5) is 4.26. The maximum Gasteiger partial charge on any atom is 0.249 e. The highest BCUT2D eigenvalue weighted by atomic mass is 35.5. The Morgan fingerprint density at radius 3 is 2.50 bits per heavy atom. The Kier molecular flexibility index (Phi) is 4.50. The van der Waals surface area contributed by atoms with Crippen molar-refractivity contribution in [3.05, 3.63) is 65.1 Å². The number of rotatable bonds is 4. The van der Waals surface area contributed by atoms with Gasteiger partial charge >= 0.3 is 0 Å². The van der Waals surface area contributed by atoms with E-state index >= 15 is 0 Å². The SMILES string of the molecule is N#Cc1ccc(Nc2cnnc(Nc3ccc(F)c(Cl)c3)n2)cc1. The molecule has 0 atom stereocenters. The van der Waals surface area contributed by atoms with Crippen LogP contribution in [0.25, 0.3) is 0 Å². The molecule has 118 valence electrons. The van der Waals surface area contributed by atoms with E-state index in [1.165, 1.54) is 24.4 Å². The molecule has 0 spiro atoms. The zero-order valence-corrected chi connectivity index (χ0v) is 12.9. The number of aromatic nitrogens is 3. The molecule has 0 amide bonds. The Hall–Kier alpha value is -3.24. The molecule has 6 nitrogen and oxygen atoms in total.